The molecule has 1 unspecified atom stereocenters. The Morgan fingerprint density at radius 3 is 2.80 bits per heavy atom. The Bertz CT molecular complexity index is 1260. The van der Waals surface area contributed by atoms with Gasteiger partial charge in [0.1, 0.15) is 5.82 Å². The van der Waals surface area contributed by atoms with E-state index >= 15 is 0 Å². The number of aryl methyl sites for hydroxylation is 2. The quantitative estimate of drug-likeness (QED) is 0.607. The first kappa shape index (κ1) is 18.8. The van der Waals surface area contributed by atoms with Crippen molar-refractivity contribution in [2.75, 3.05) is 0 Å². The Balaban J connectivity index is 1.79. The molecule has 1 aliphatic carbocycles. The molecule has 3 nitrogen and oxygen atoms in total. The molecule has 0 spiro atoms. The summed E-state index contributed by atoms with van der Waals surface area (Å²) in [5, 5.41) is 10.8. The lowest BCUT2D eigenvalue weighted by molar-refractivity contribution is 0.504. The van der Waals surface area contributed by atoms with E-state index in [2.05, 4.69) is 37.1 Å². The minimum Gasteiger partial charge on any atom is -0.335 e. The smallest absolute Gasteiger partial charge is 0.128 e. The number of halogens is 1. The molecule has 30 heavy (non-hydrogen) atoms. The predicted molar refractivity (Wildman–Crippen MR) is 118 cm³/mol. The van der Waals surface area contributed by atoms with Gasteiger partial charge in [-0.15, -0.1) is 6.58 Å². The first-order valence-electron chi connectivity index (χ1n) is 10.6. The monoisotopic (exact) mass is 397 g/mol. The molecule has 3 aliphatic rings. The van der Waals surface area contributed by atoms with Gasteiger partial charge in [0.2, 0.25) is 0 Å². The van der Waals surface area contributed by atoms with E-state index in [9.17, 15) is 9.65 Å². The van der Waals surface area contributed by atoms with Gasteiger partial charge in [0, 0.05) is 22.7 Å². The highest BCUT2D eigenvalue weighted by molar-refractivity contribution is 5.92. The fraction of sp³-hybridized carbons (Fsp3) is 0.308. The Hall–Kier alpha value is -3.19. The molecule has 3 heterocycles. The topological polar surface area (TPSA) is 39.9 Å². The summed E-state index contributed by atoms with van der Waals surface area (Å²) in [7, 11) is 0. The van der Waals surface area contributed by atoms with Gasteiger partial charge < -0.3 is 4.90 Å². The van der Waals surface area contributed by atoms with Gasteiger partial charge in [-0.3, -0.25) is 0 Å². The van der Waals surface area contributed by atoms with E-state index in [0.29, 0.717) is 0 Å². The van der Waals surface area contributed by atoms with Crippen molar-refractivity contribution in [2.45, 2.75) is 46.1 Å². The summed E-state index contributed by atoms with van der Waals surface area (Å²) in [6, 6.07) is 3.93. The molecule has 150 valence electrons. The number of hydrogen-bond donors (Lipinski definition) is 0. The molecule has 0 N–H and O–H groups in total. The van der Waals surface area contributed by atoms with Crippen LogP contribution >= 0.6 is 0 Å². The van der Waals surface area contributed by atoms with E-state index in [4.69, 9.17) is 4.98 Å². The Labute approximate surface area is 176 Å². The van der Waals surface area contributed by atoms with E-state index in [1.54, 1.807) is 12.1 Å². The van der Waals surface area contributed by atoms with Crippen LogP contribution in [0.4, 0.5) is 4.39 Å². The highest BCUT2D eigenvalue weighted by Crippen LogP contribution is 2.47. The van der Waals surface area contributed by atoms with Crippen LogP contribution in [0.5, 0.6) is 0 Å². The van der Waals surface area contributed by atoms with Crippen LogP contribution in [0, 0.1) is 30.0 Å². The van der Waals surface area contributed by atoms with Crippen LogP contribution in [-0.4, -0.2) is 9.88 Å². The molecule has 2 aromatic rings. The number of fused-ring (bicyclic) bond motifs is 4. The molecule has 1 aromatic carbocycles. The fourth-order valence-electron chi connectivity index (χ4n) is 5.36. The molecule has 0 bridgehead atoms. The third kappa shape index (κ3) is 2.38. The molecule has 0 saturated carbocycles. The summed E-state index contributed by atoms with van der Waals surface area (Å²) in [5.41, 5.74) is 9.99. The highest BCUT2D eigenvalue weighted by Gasteiger charge is 2.36. The van der Waals surface area contributed by atoms with Crippen LogP contribution < -0.4 is 0 Å². The number of nitriles is 1. The first-order valence-corrected chi connectivity index (χ1v) is 10.6. The van der Waals surface area contributed by atoms with E-state index in [1.807, 2.05) is 6.92 Å². The van der Waals surface area contributed by atoms with Gasteiger partial charge in [-0.25, -0.2) is 9.37 Å². The average molecular weight is 397 g/mol. The van der Waals surface area contributed by atoms with Crippen molar-refractivity contribution in [2.24, 2.45) is 5.92 Å². The summed E-state index contributed by atoms with van der Waals surface area (Å²) in [6.45, 7) is 12.9. The molecule has 0 amide bonds. The standard InChI is InChI=1S/C26H24FN3/c1-5-16(12-28)20-10-24-26-21(13-30(24)15(4)17(20)6-2)19-9-7-8-18-14(3)22(27)11-23(29-26)25(18)19/h5,10-11,16H,1,4,6-9,13H2,2-3H3. The number of benzene rings is 1. The summed E-state index contributed by atoms with van der Waals surface area (Å²) < 4.78 is 14.6. The number of rotatable bonds is 3. The zero-order valence-corrected chi connectivity index (χ0v) is 17.5. The summed E-state index contributed by atoms with van der Waals surface area (Å²) in [5.74, 6) is -0.569. The number of hydrogen-bond acceptors (Lipinski definition) is 3. The maximum atomic E-state index is 14.6. The summed E-state index contributed by atoms with van der Waals surface area (Å²) in [4.78, 5) is 7.17. The van der Waals surface area contributed by atoms with Crippen molar-refractivity contribution < 1.29 is 4.39 Å². The van der Waals surface area contributed by atoms with Crippen LogP contribution in [0.1, 0.15) is 47.7 Å². The largest absolute Gasteiger partial charge is 0.335 e. The molecule has 0 fully saturated rings. The van der Waals surface area contributed by atoms with Crippen molar-refractivity contribution in [3.8, 4) is 6.07 Å². The number of nitrogens with zero attached hydrogens (tertiary/aromatic N) is 3. The Morgan fingerprint density at radius 2 is 2.10 bits per heavy atom. The van der Waals surface area contributed by atoms with Crippen LogP contribution in [-0.2, 0) is 19.4 Å². The molecule has 2 aliphatic heterocycles. The lowest BCUT2D eigenvalue weighted by Gasteiger charge is -2.31. The van der Waals surface area contributed by atoms with E-state index in [-0.39, 0.29) is 11.7 Å². The molecular weight excluding hydrogens is 373 g/mol. The maximum Gasteiger partial charge on any atom is 0.128 e. The fourth-order valence-corrected chi connectivity index (χ4v) is 5.36. The third-order valence-corrected chi connectivity index (χ3v) is 6.90. The summed E-state index contributed by atoms with van der Waals surface area (Å²) >= 11 is 0. The normalized spacial score (nSPS) is 18.1. The van der Waals surface area contributed by atoms with Gasteiger partial charge in [0.15, 0.2) is 0 Å². The van der Waals surface area contributed by atoms with E-state index in [0.717, 1.165) is 82.5 Å². The van der Waals surface area contributed by atoms with Gasteiger partial charge in [-0.05, 0) is 66.5 Å². The lowest BCUT2D eigenvalue weighted by atomic mass is 9.84. The number of allylic oxidation sites excluding steroid dienone is 4. The third-order valence-electron chi connectivity index (χ3n) is 6.90. The maximum absolute atomic E-state index is 14.6. The van der Waals surface area contributed by atoms with Gasteiger partial charge in [-0.2, -0.15) is 5.26 Å². The van der Waals surface area contributed by atoms with Crippen molar-refractivity contribution in [1.29, 1.82) is 5.26 Å². The molecule has 5 rings (SSSR count). The van der Waals surface area contributed by atoms with E-state index < -0.39 is 0 Å². The minimum absolute atomic E-state index is 0.181. The molecule has 1 atom stereocenters. The SMILES string of the molecule is C=CC(C#N)C1=C(CC)C(=C)N2Cc3c(nc4cc(F)c(C)c5c4c3CCC5)C2=C1. The lowest BCUT2D eigenvalue weighted by Crippen LogP contribution is -2.22. The molecular formula is C26H24FN3. The predicted octanol–water partition coefficient (Wildman–Crippen LogP) is 5.89. The molecule has 1 aromatic heterocycles. The number of aromatic nitrogens is 1. The van der Waals surface area contributed by atoms with Gasteiger partial charge >= 0.3 is 0 Å². The highest BCUT2D eigenvalue weighted by atomic mass is 19.1. The minimum atomic E-state index is -0.388. The van der Waals surface area contributed by atoms with Crippen molar-refractivity contribution in [3.63, 3.8) is 0 Å². The Morgan fingerprint density at radius 1 is 1.33 bits per heavy atom. The average Bonchev–Trinajstić information content (AvgIpc) is 3.12. The zero-order valence-electron chi connectivity index (χ0n) is 17.5. The van der Waals surface area contributed by atoms with Gasteiger partial charge in [-0.1, -0.05) is 19.6 Å². The summed E-state index contributed by atoms with van der Waals surface area (Å²) in [6.07, 6.45) is 7.48. The zero-order chi connectivity index (χ0) is 21.2. The second-order valence-corrected chi connectivity index (χ2v) is 8.32. The van der Waals surface area contributed by atoms with Crippen LogP contribution in [0.25, 0.3) is 16.6 Å². The van der Waals surface area contributed by atoms with Crippen LogP contribution in [0.3, 0.4) is 0 Å². The van der Waals surface area contributed by atoms with Crippen molar-refractivity contribution in [3.05, 3.63) is 82.0 Å². The van der Waals surface area contributed by atoms with E-state index in [1.165, 1.54) is 11.1 Å². The number of pyridine rings is 1. The second kappa shape index (κ2) is 6.67. The first-order chi connectivity index (χ1) is 14.5. The van der Waals surface area contributed by atoms with Crippen molar-refractivity contribution >= 4 is 16.6 Å². The molecule has 0 radical (unpaired) electrons. The van der Waals surface area contributed by atoms with Gasteiger partial charge in [0.25, 0.3) is 0 Å². The Kier molecular flexibility index (Phi) is 4.18. The van der Waals surface area contributed by atoms with Crippen LogP contribution in [0.15, 0.2) is 48.2 Å². The van der Waals surface area contributed by atoms with Crippen LogP contribution in [0.2, 0.25) is 0 Å². The van der Waals surface area contributed by atoms with Crippen molar-refractivity contribution in [1.82, 2.24) is 9.88 Å². The molecule has 0 saturated heterocycles. The second-order valence-electron chi connectivity index (χ2n) is 8.32. The van der Waals surface area contributed by atoms with Gasteiger partial charge in [0.05, 0.1) is 35.4 Å². The molecule has 4 heteroatoms.